The molecule has 3 N–H and O–H groups in total. The highest BCUT2D eigenvalue weighted by Gasteiger charge is 2.41. The Kier molecular flexibility index (Phi) is 2.29. The Morgan fingerprint density at radius 1 is 1.64 bits per heavy atom. The molecule has 0 aliphatic heterocycles. The molecule has 0 atom stereocenters. The molecule has 1 aliphatic carbocycles. The zero-order valence-electron chi connectivity index (χ0n) is 8.29. The molecule has 0 bridgehead atoms. The third kappa shape index (κ3) is 1.80. The van der Waals surface area contributed by atoms with Crippen LogP contribution in [0, 0.1) is 0 Å². The van der Waals surface area contributed by atoms with Crippen molar-refractivity contribution < 1.29 is 4.74 Å². The summed E-state index contributed by atoms with van der Waals surface area (Å²) >= 11 is 0. The fourth-order valence-corrected chi connectivity index (χ4v) is 1.44. The number of hydrogen-bond acceptors (Lipinski definition) is 4. The van der Waals surface area contributed by atoms with Crippen LogP contribution in [0.25, 0.3) is 0 Å². The summed E-state index contributed by atoms with van der Waals surface area (Å²) in [4.78, 5) is 4.04. The first-order valence-corrected chi connectivity index (χ1v) is 4.76. The molecule has 0 unspecified atom stereocenters. The quantitative estimate of drug-likeness (QED) is 0.748. The van der Waals surface area contributed by atoms with E-state index < -0.39 is 0 Å². The predicted octanol–water partition coefficient (Wildman–Crippen LogP) is 0.993. The normalized spacial score (nSPS) is 17.6. The van der Waals surface area contributed by atoms with Crippen LogP contribution >= 0.6 is 0 Å². The van der Waals surface area contributed by atoms with Gasteiger partial charge in [-0.2, -0.15) is 0 Å². The maximum absolute atomic E-state index is 5.68. The summed E-state index contributed by atoms with van der Waals surface area (Å²) in [6.07, 6.45) is 4.02. The highest BCUT2D eigenvalue weighted by atomic mass is 16.5. The minimum absolute atomic E-state index is 0.131. The van der Waals surface area contributed by atoms with Crippen LogP contribution in [0.1, 0.15) is 12.8 Å². The smallest absolute Gasteiger partial charge is 0.214 e. The number of nitrogens with zero attached hydrogens (tertiary/aromatic N) is 1. The lowest BCUT2D eigenvalue weighted by Crippen LogP contribution is -2.30. The second-order valence-electron chi connectivity index (χ2n) is 3.70. The fraction of sp³-hybridized carbons (Fsp3) is 0.500. The lowest BCUT2D eigenvalue weighted by molar-refractivity contribution is 0.398. The van der Waals surface area contributed by atoms with Gasteiger partial charge in [-0.1, -0.05) is 0 Å². The van der Waals surface area contributed by atoms with E-state index in [1.165, 1.54) is 0 Å². The third-order valence-electron chi connectivity index (χ3n) is 2.60. The first kappa shape index (κ1) is 9.27. The second-order valence-corrected chi connectivity index (χ2v) is 3.70. The van der Waals surface area contributed by atoms with Crippen LogP contribution in [0.2, 0.25) is 0 Å². The molecule has 14 heavy (non-hydrogen) atoms. The first-order chi connectivity index (χ1) is 6.78. The Morgan fingerprint density at radius 3 is 3.00 bits per heavy atom. The summed E-state index contributed by atoms with van der Waals surface area (Å²) in [7, 11) is 1.61. The van der Waals surface area contributed by atoms with Crippen molar-refractivity contribution in [2.75, 3.05) is 19.0 Å². The van der Waals surface area contributed by atoms with Crippen LogP contribution in [-0.4, -0.2) is 24.2 Å². The van der Waals surface area contributed by atoms with Gasteiger partial charge in [0, 0.05) is 30.0 Å². The van der Waals surface area contributed by atoms with E-state index in [0.717, 1.165) is 18.5 Å². The molecule has 0 aromatic carbocycles. The van der Waals surface area contributed by atoms with Crippen molar-refractivity contribution in [3.8, 4) is 5.88 Å². The minimum atomic E-state index is 0.131. The SMILES string of the molecule is COc1cc(NC2(CN)CC2)ccn1. The summed E-state index contributed by atoms with van der Waals surface area (Å²) in [5.74, 6) is 0.628. The molecule has 76 valence electrons. The summed E-state index contributed by atoms with van der Waals surface area (Å²) in [6, 6.07) is 3.81. The molecule has 0 spiro atoms. The van der Waals surface area contributed by atoms with E-state index in [1.54, 1.807) is 13.3 Å². The summed E-state index contributed by atoms with van der Waals surface area (Å²) in [5.41, 5.74) is 6.84. The van der Waals surface area contributed by atoms with Crippen LogP contribution in [0.3, 0.4) is 0 Å². The molecule has 4 nitrogen and oxygen atoms in total. The molecule has 1 aromatic rings. The van der Waals surface area contributed by atoms with Crippen LogP contribution in [0.15, 0.2) is 18.3 Å². The molecule has 0 saturated heterocycles. The van der Waals surface area contributed by atoms with Crippen LogP contribution in [0.5, 0.6) is 5.88 Å². The average Bonchev–Trinajstić information content (AvgIpc) is 2.99. The van der Waals surface area contributed by atoms with Gasteiger partial charge in [0.15, 0.2) is 0 Å². The maximum Gasteiger partial charge on any atom is 0.214 e. The van der Waals surface area contributed by atoms with Gasteiger partial charge in [0.1, 0.15) is 0 Å². The van der Waals surface area contributed by atoms with Gasteiger partial charge in [-0.3, -0.25) is 0 Å². The number of nitrogens with one attached hydrogen (secondary N) is 1. The Morgan fingerprint density at radius 2 is 2.43 bits per heavy atom. The monoisotopic (exact) mass is 193 g/mol. The zero-order chi connectivity index (χ0) is 10.0. The standard InChI is InChI=1S/C10H15N3O/c1-14-9-6-8(2-5-12-9)13-10(7-11)3-4-10/h2,5-6H,3-4,7,11H2,1H3,(H,12,13). The highest BCUT2D eigenvalue weighted by Crippen LogP contribution is 2.37. The Bertz CT molecular complexity index is 323. The number of rotatable bonds is 4. The zero-order valence-corrected chi connectivity index (χ0v) is 8.29. The third-order valence-corrected chi connectivity index (χ3v) is 2.60. The van der Waals surface area contributed by atoms with Crippen molar-refractivity contribution in [2.45, 2.75) is 18.4 Å². The maximum atomic E-state index is 5.68. The molecule has 0 amide bonds. The Labute approximate surface area is 83.5 Å². The molecule has 1 aromatic heterocycles. The average molecular weight is 193 g/mol. The fourth-order valence-electron chi connectivity index (χ4n) is 1.44. The molecular weight excluding hydrogens is 178 g/mol. The Balaban J connectivity index is 2.09. The molecule has 1 aliphatic rings. The lowest BCUT2D eigenvalue weighted by Gasteiger charge is -2.16. The summed E-state index contributed by atoms with van der Waals surface area (Å²) in [5, 5.41) is 3.41. The number of aromatic nitrogens is 1. The number of methoxy groups -OCH3 is 1. The van der Waals surface area contributed by atoms with Gasteiger partial charge in [-0.25, -0.2) is 4.98 Å². The van der Waals surface area contributed by atoms with Gasteiger partial charge in [0.25, 0.3) is 0 Å². The number of ether oxygens (including phenoxy) is 1. The van der Waals surface area contributed by atoms with Crippen molar-refractivity contribution in [3.05, 3.63) is 18.3 Å². The molecule has 0 radical (unpaired) electrons. The summed E-state index contributed by atoms with van der Waals surface area (Å²) < 4.78 is 5.04. The molecule has 2 rings (SSSR count). The van der Waals surface area contributed by atoms with Crippen molar-refractivity contribution in [1.82, 2.24) is 4.98 Å². The molecule has 1 saturated carbocycles. The van der Waals surface area contributed by atoms with Crippen molar-refractivity contribution >= 4 is 5.69 Å². The van der Waals surface area contributed by atoms with E-state index in [9.17, 15) is 0 Å². The van der Waals surface area contributed by atoms with E-state index in [-0.39, 0.29) is 5.54 Å². The topological polar surface area (TPSA) is 60.2 Å². The van der Waals surface area contributed by atoms with Gasteiger partial charge in [0.05, 0.1) is 7.11 Å². The summed E-state index contributed by atoms with van der Waals surface area (Å²) in [6.45, 7) is 0.678. The van der Waals surface area contributed by atoms with Crippen molar-refractivity contribution in [2.24, 2.45) is 5.73 Å². The van der Waals surface area contributed by atoms with Gasteiger partial charge in [-0.15, -0.1) is 0 Å². The highest BCUT2D eigenvalue weighted by molar-refractivity contribution is 5.49. The van der Waals surface area contributed by atoms with Crippen LogP contribution in [0.4, 0.5) is 5.69 Å². The minimum Gasteiger partial charge on any atom is -0.481 e. The van der Waals surface area contributed by atoms with Crippen LogP contribution in [-0.2, 0) is 0 Å². The van der Waals surface area contributed by atoms with Crippen molar-refractivity contribution in [1.29, 1.82) is 0 Å². The van der Waals surface area contributed by atoms with Gasteiger partial charge in [-0.05, 0) is 18.9 Å². The molecular formula is C10H15N3O. The molecule has 4 heteroatoms. The molecule has 1 heterocycles. The Hall–Kier alpha value is -1.29. The van der Waals surface area contributed by atoms with E-state index in [4.69, 9.17) is 10.5 Å². The number of hydrogen-bond donors (Lipinski definition) is 2. The van der Waals surface area contributed by atoms with E-state index in [1.807, 2.05) is 12.1 Å². The van der Waals surface area contributed by atoms with E-state index >= 15 is 0 Å². The predicted molar refractivity (Wildman–Crippen MR) is 55.4 cm³/mol. The lowest BCUT2D eigenvalue weighted by atomic mass is 10.2. The number of anilines is 1. The van der Waals surface area contributed by atoms with E-state index in [2.05, 4.69) is 10.3 Å². The van der Waals surface area contributed by atoms with E-state index in [0.29, 0.717) is 12.4 Å². The molecule has 1 fully saturated rings. The number of nitrogens with two attached hydrogens (primary N) is 1. The second kappa shape index (κ2) is 3.46. The first-order valence-electron chi connectivity index (χ1n) is 4.76. The van der Waals surface area contributed by atoms with Gasteiger partial charge >= 0.3 is 0 Å². The van der Waals surface area contributed by atoms with Crippen LogP contribution < -0.4 is 15.8 Å². The van der Waals surface area contributed by atoms with Crippen molar-refractivity contribution in [3.63, 3.8) is 0 Å². The van der Waals surface area contributed by atoms with Gasteiger partial charge < -0.3 is 15.8 Å². The number of pyridine rings is 1. The van der Waals surface area contributed by atoms with Gasteiger partial charge in [0.2, 0.25) is 5.88 Å². The largest absolute Gasteiger partial charge is 0.481 e.